The highest BCUT2D eigenvalue weighted by atomic mass is 35.5. The Kier molecular flexibility index (Phi) is 4.18. The van der Waals surface area contributed by atoms with E-state index in [-0.39, 0.29) is 12.4 Å². The Hall–Kier alpha value is -1.58. The first-order chi connectivity index (χ1) is 8.70. The van der Waals surface area contributed by atoms with E-state index >= 15 is 0 Å². The van der Waals surface area contributed by atoms with Crippen molar-refractivity contribution in [3.05, 3.63) is 64.4 Å². The van der Waals surface area contributed by atoms with Crippen LogP contribution in [0.1, 0.15) is 11.1 Å². The molecular formula is C14H13ClFNO. The van der Waals surface area contributed by atoms with Gasteiger partial charge in [0.05, 0.1) is 17.3 Å². The minimum Gasteiger partial charge on any atom is -0.392 e. The minimum absolute atomic E-state index is 0.0207. The van der Waals surface area contributed by atoms with Crippen LogP contribution in [0.25, 0.3) is 0 Å². The van der Waals surface area contributed by atoms with Crippen LogP contribution in [0.4, 0.5) is 10.1 Å². The van der Waals surface area contributed by atoms with Gasteiger partial charge in [0.2, 0.25) is 0 Å². The fourth-order valence-corrected chi connectivity index (χ4v) is 1.85. The zero-order valence-electron chi connectivity index (χ0n) is 9.66. The van der Waals surface area contributed by atoms with Gasteiger partial charge in [-0.25, -0.2) is 4.39 Å². The zero-order valence-corrected chi connectivity index (χ0v) is 10.4. The normalized spacial score (nSPS) is 10.4. The Bertz CT molecular complexity index is 508. The van der Waals surface area contributed by atoms with Gasteiger partial charge in [-0.1, -0.05) is 41.9 Å². The summed E-state index contributed by atoms with van der Waals surface area (Å²) in [5.41, 5.74) is 2.15. The molecule has 0 aromatic heterocycles. The highest BCUT2D eigenvalue weighted by molar-refractivity contribution is 6.33. The van der Waals surface area contributed by atoms with Crippen molar-refractivity contribution in [3.8, 4) is 0 Å². The molecule has 0 fully saturated rings. The third-order valence-corrected chi connectivity index (χ3v) is 2.95. The van der Waals surface area contributed by atoms with Crippen LogP contribution in [-0.2, 0) is 13.2 Å². The largest absolute Gasteiger partial charge is 0.392 e. The van der Waals surface area contributed by atoms with Gasteiger partial charge in [-0.05, 0) is 23.3 Å². The fraction of sp³-hybridized carbons (Fsp3) is 0.143. The van der Waals surface area contributed by atoms with Crippen LogP contribution in [0, 0.1) is 5.82 Å². The van der Waals surface area contributed by atoms with Gasteiger partial charge in [0.1, 0.15) is 5.82 Å². The number of para-hydroxylation sites is 1. The second-order valence-corrected chi connectivity index (χ2v) is 4.33. The summed E-state index contributed by atoms with van der Waals surface area (Å²) in [6.07, 6.45) is 0. The van der Waals surface area contributed by atoms with Gasteiger partial charge >= 0.3 is 0 Å². The molecule has 94 valence electrons. The highest BCUT2D eigenvalue weighted by Crippen LogP contribution is 2.25. The lowest BCUT2D eigenvalue weighted by Crippen LogP contribution is -2.02. The maximum Gasteiger partial charge on any atom is 0.147 e. The fourth-order valence-electron chi connectivity index (χ4n) is 1.62. The molecular weight excluding hydrogens is 253 g/mol. The number of benzene rings is 2. The molecule has 0 saturated heterocycles. The van der Waals surface area contributed by atoms with E-state index in [1.807, 2.05) is 24.3 Å². The van der Waals surface area contributed by atoms with E-state index in [1.54, 1.807) is 12.1 Å². The van der Waals surface area contributed by atoms with Crippen molar-refractivity contribution >= 4 is 17.3 Å². The maximum absolute atomic E-state index is 13.5. The van der Waals surface area contributed by atoms with Gasteiger partial charge in [-0.3, -0.25) is 0 Å². The molecule has 0 aliphatic rings. The average molecular weight is 266 g/mol. The monoisotopic (exact) mass is 265 g/mol. The summed E-state index contributed by atoms with van der Waals surface area (Å²) in [5.74, 6) is -0.366. The summed E-state index contributed by atoms with van der Waals surface area (Å²) >= 11 is 5.91. The Morgan fingerprint density at radius 2 is 1.72 bits per heavy atom. The Balaban J connectivity index is 2.06. The second-order valence-electron chi connectivity index (χ2n) is 3.92. The molecule has 0 bridgehead atoms. The Morgan fingerprint density at radius 3 is 2.33 bits per heavy atom. The number of anilines is 1. The minimum atomic E-state index is -0.366. The van der Waals surface area contributed by atoms with Gasteiger partial charge in [-0.15, -0.1) is 0 Å². The molecule has 4 heteroatoms. The van der Waals surface area contributed by atoms with Gasteiger partial charge in [0.15, 0.2) is 0 Å². The smallest absolute Gasteiger partial charge is 0.147 e. The van der Waals surface area contributed by atoms with Crippen molar-refractivity contribution in [2.75, 3.05) is 5.32 Å². The summed E-state index contributed by atoms with van der Waals surface area (Å²) in [5, 5.41) is 12.3. The maximum atomic E-state index is 13.5. The van der Waals surface area contributed by atoms with Gasteiger partial charge in [0, 0.05) is 6.54 Å². The molecule has 0 unspecified atom stereocenters. The van der Waals surface area contributed by atoms with Gasteiger partial charge in [-0.2, -0.15) is 0 Å². The molecule has 0 heterocycles. The first kappa shape index (κ1) is 12.9. The summed E-state index contributed by atoms with van der Waals surface area (Å²) in [7, 11) is 0. The molecule has 2 aromatic rings. The molecule has 0 amide bonds. The van der Waals surface area contributed by atoms with Crippen LogP contribution in [0.3, 0.4) is 0 Å². The molecule has 0 radical (unpaired) electrons. The number of rotatable bonds is 4. The summed E-state index contributed by atoms with van der Waals surface area (Å²) in [6.45, 7) is 0.499. The standard InChI is InChI=1S/C14H13ClFNO/c15-12-2-1-3-13(16)14(12)17-8-10-4-6-11(9-18)7-5-10/h1-7,17-18H,8-9H2. The highest BCUT2D eigenvalue weighted by Gasteiger charge is 2.05. The van der Waals surface area contributed by atoms with E-state index < -0.39 is 0 Å². The van der Waals surface area contributed by atoms with Crippen molar-refractivity contribution < 1.29 is 9.50 Å². The predicted octanol–water partition coefficient (Wildman–Crippen LogP) is 3.58. The van der Waals surface area contributed by atoms with E-state index in [9.17, 15) is 4.39 Å². The quantitative estimate of drug-likeness (QED) is 0.886. The van der Waals surface area contributed by atoms with E-state index in [4.69, 9.17) is 16.7 Å². The first-order valence-electron chi connectivity index (χ1n) is 5.57. The lowest BCUT2D eigenvalue weighted by atomic mass is 10.1. The number of hydrogen-bond acceptors (Lipinski definition) is 2. The van der Waals surface area contributed by atoms with Crippen molar-refractivity contribution in [3.63, 3.8) is 0 Å². The zero-order chi connectivity index (χ0) is 13.0. The van der Waals surface area contributed by atoms with E-state index in [2.05, 4.69) is 5.32 Å². The van der Waals surface area contributed by atoms with E-state index in [0.717, 1.165) is 11.1 Å². The molecule has 18 heavy (non-hydrogen) atoms. The van der Waals surface area contributed by atoms with Crippen LogP contribution < -0.4 is 5.32 Å². The van der Waals surface area contributed by atoms with Crippen molar-refractivity contribution in [1.82, 2.24) is 0 Å². The number of halogens is 2. The number of aliphatic hydroxyl groups excluding tert-OH is 1. The van der Waals surface area contributed by atoms with Crippen LogP contribution >= 0.6 is 11.6 Å². The predicted molar refractivity (Wildman–Crippen MR) is 71.1 cm³/mol. The SMILES string of the molecule is OCc1ccc(CNc2c(F)cccc2Cl)cc1. The molecule has 2 aromatic carbocycles. The summed E-state index contributed by atoms with van der Waals surface area (Å²) in [6, 6.07) is 12.0. The van der Waals surface area contributed by atoms with Crippen molar-refractivity contribution in [2.24, 2.45) is 0 Å². The summed E-state index contributed by atoms with van der Waals surface area (Å²) in [4.78, 5) is 0. The molecule has 0 spiro atoms. The Labute approximate surface area is 110 Å². The van der Waals surface area contributed by atoms with Gasteiger partial charge in [0.25, 0.3) is 0 Å². The molecule has 0 aliphatic carbocycles. The molecule has 0 saturated carbocycles. The van der Waals surface area contributed by atoms with Crippen molar-refractivity contribution in [1.29, 1.82) is 0 Å². The number of nitrogens with one attached hydrogen (secondary N) is 1. The van der Waals surface area contributed by atoms with Crippen LogP contribution in [0.15, 0.2) is 42.5 Å². The first-order valence-corrected chi connectivity index (χ1v) is 5.95. The van der Waals surface area contributed by atoms with Crippen LogP contribution in [-0.4, -0.2) is 5.11 Å². The average Bonchev–Trinajstić information content (AvgIpc) is 2.39. The molecule has 2 N–H and O–H groups in total. The van der Waals surface area contributed by atoms with E-state index in [1.165, 1.54) is 6.07 Å². The van der Waals surface area contributed by atoms with E-state index in [0.29, 0.717) is 17.3 Å². The topological polar surface area (TPSA) is 32.3 Å². The Morgan fingerprint density at radius 1 is 1.06 bits per heavy atom. The number of aliphatic hydroxyl groups is 1. The third-order valence-electron chi connectivity index (χ3n) is 2.64. The van der Waals surface area contributed by atoms with Crippen LogP contribution in [0.5, 0.6) is 0 Å². The molecule has 0 aliphatic heterocycles. The number of hydrogen-bond donors (Lipinski definition) is 2. The van der Waals surface area contributed by atoms with Gasteiger partial charge < -0.3 is 10.4 Å². The summed E-state index contributed by atoms with van der Waals surface area (Å²) < 4.78 is 13.5. The molecule has 2 nitrogen and oxygen atoms in total. The second kappa shape index (κ2) is 5.85. The molecule has 0 atom stereocenters. The van der Waals surface area contributed by atoms with Crippen LogP contribution in [0.2, 0.25) is 5.02 Å². The molecule has 2 rings (SSSR count). The third kappa shape index (κ3) is 3.00. The lowest BCUT2D eigenvalue weighted by Gasteiger charge is -2.09. The van der Waals surface area contributed by atoms with Crippen molar-refractivity contribution in [2.45, 2.75) is 13.2 Å². The lowest BCUT2D eigenvalue weighted by molar-refractivity contribution is 0.282.